The zero-order chi connectivity index (χ0) is 35.1. The topological polar surface area (TPSA) is 164 Å². The van der Waals surface area contributed by atoms with Crippen LogP contribution in [0.3, 0.4) is 0 Å². The molecule has 1 aliphatic heterocycles. The Balaban J connectivity index is 1.44. The van der Waals surface area contributed by atoms with Crippen molar-refractivity contribution in [2.45, 2.75) is 130 Å². The van der Waals surface area contributed by atoms with Crippen molar-refractivity contribution >= 4 is 25.0 Å². The van der Waals surface area contributed by atoms with Crippen molar-refractivity contribution in [2.24, 2.45) is 34.2 Å². The fraction of sp³-hybridized carbons (Fsp3) is 0.743. The number of rotatable bonds is 17. The number of hydrogen-bond acceptors (Lipinski definition) is 7. The summed E-state index contributed by atoms with van der Waals surface area (Å²) in [5.74, 6) is -0.104. The molecule has 3 N–H and O–H groups in total. The molecule has 1 heterocycles. The van der Waals surface area contributed by atoms with Crippen molar-refractivity contribution < 1.29 is 28.4 Å². The fourth-order valence-electron chi connectivity index (χ4n) is 7.80. The molecule has 1 aromatic rings. The largest absolute Gasteiger partial charge is 0.481 e. The number of hydrogen-bond donors (Lipinski definition) is 3. The van der Waals surface area contributed by atoms with E-state index in [1.54, 1.807) is 0 Å². The molecule has 12 nitrogen and oxygen atoms in total. The molecule has 2 bridgehead atoms. The zero-order valence-electron chi connectivity index (χ0n) is 29.7. The van der Waals surface area contributed by atoms with Gasteiger partial charge in [0.15, 0.2) is 0 Å². The first-order valence-corrected chi connectivity index (χ1v) is 17.7. The predicted molar refractivity (Wildman–Crippen MR) is 184 cm³/mol. The Bertz CT molecular complexity index is 1310. The number of unbranched alkanes of at least 4 members (excludes halogenated alkanes) is 1. The van der Waals surface area contributed by atoms with E-state index in [0.29, 0.717) is 37.5 Å². The monoisotopic (exact) mass is 666 g/mol. The van der Waals surface area contributed by atoms with Gasteiger partial charge >= 0.3 is 13.2 Å². The van der Waals surface area contributed by atoms with Crippen molar-refractivity contribution in [3.05, 3.63) is 46.3 Å². The van der Waals surface area contributed by atoms with Crippen molar-refractivity contribution in [3.8, 4) is 0 Å². The van der Waals surface area contributed by atoms with Crippen LogP contribution in [0.5, 0.6) is 0 Å². The molecular weight excluding hydrogens is 611 g/mol. The molecule has 4 aliphatic rings. The number of alkyl carbamates (subject to hydrolysis) is 1. The van der Waals surface area contributed by atoms with E-state index in [1.165, 1.54) is 0 Å². The molecule has 4 fully saturated rings. The van der Waals surface area contributed by atoms with Gasteiger partial charge in [-0.05, 0) is 79.2 Å². The SMILES string of the molecule is CC[C@H](C)[C@H](NC(=O)[C@H](CCCCN=[N+]=[N-])NC(=O)OCc1ccccc1)C(=O)N[C@@H](CC(C)C)B1O[C@@H]2C[C@@H]3C[C@@H](C3(C)C)[C@]2(C)O1. The highest BCUT2D eigenvalue weighted by Crippen LogP contribution is 2.65. The zero-order valence-corrected chi connectivity index (χ0v) is 29.7. The third-order valence-electron chi connectivity index (χ3n) is 11.0. The number of nitrogens with zero attached hydrogens (tertiary/aromatic N) is 3. The second-order valence-corrected chi connectivity index (χ2v) is 15.2. The van der Waals surface area contributed by atoms with Crippen LogP contribution in [0, 0.1) is 29.1 Å². The van der Waals surface area contributed by atoms with Gasteiger partial charge < -0.3 is 30.0 Å². The standard InChI is InChI=1S/C35H55BN6O6/c1-8-23(4)30(41-31(43)26(16-12-13-17-38-42-37)39-33(45)46-21-24-14-10-9-11-15-24)32(44)40-29(18-22(2)3)36-47-28-20-25-19-27(34(25,5)6)35(28,7)48-36/h9-11,14-15,22-23,25-30H,8,12-13,16-21H2,1-7H3,(H,39,45)(H,40,44)(H,41,43)/t23-,25-,26-,27-,28+,29-,30-,35-/m0/s1. The van der Waals surface area contributed by atoms with Crippen LogP contribution < -0.4 is 16.0 Å². The third-order valence-corrected chi connectivity index (χ3v) is 11.0. The number of azide groups is 1. The van der Waals surface area contributed by atoms with Gasteiger partial charge in [0, 0.05) is 11.5 Å². The molecule has 1 aromatic carbocycles. The molecule has 1 saturated heterocycles. The Hall–Kier alpha value is -3.28. The Kier molecular flexibility index (Phi) is 12.8. The van der Waals surface area contributed by atoms with Gasteiger partial charge in [-0.15, -0.1) is 0 Å². The first-order valence-electron chi connectivity index (χ1n) is 17.7. The van der Waals surface area contributed by atoms with E-state index in [0.717, 1.165) is 18.4 Å². The smallest absolute Gasteiger partial charge is 0.445 e. The van der Waals surface area contributed by atoms with Crippen LogP contribution in [0.2, 0.25) is 0 Å². The first kappa shape index (κ1) is 37.5. The number of nitrogens with one attached hydrogen (secondary N) is 3. The molecule has 3 amide bonds. The van der Waals surface area contributed by atoms with Crippen LogP contribution in [0.4, 0.5) is 4.79 Å². The second-order valence-electron chi connectivity index (χ2n) is 15.2. The maximum atomic E-state index is 14.0. The second kappa shape index (κ2) is 16.4. The molecule has 264 valence electrons. The van der Waals surface area contributed by atoms with Crippen LogP contribution in [-0.4, -0.2) is 61.3 Å². The predicted octanol–water partition coefficient (Wildman–Crippen LogP) is 6.09. The summed E-state index contributed by atoms with van der Waals surface area (Å²) in [4.78, 5) is 43.3. The van der Waals surface area contributed by atoms with E-state index < -0.39 is 42.7 Å². The summed E-state index contributed by atoms with van der Waals surface area (Å²) in [6.07, 6.45) is 3.98. The maximum absolute atomic E-state index is 14.0. The number of benzene rings is 1. The van der Waals surface area contributed by atoms with Gasteiger partial charge in [-0.25, -0.2) is 4.79 Å². The Labute approximate surface area is 285 Å². The molecule has 0 unspecified atom stereocenters. The quantitative estimate of drug-likeness (QED) is 0.0599. The average Bonchev–Trinajstić information content (AvgIpc) is 3.42. The molecular formula is C35H55BN6O6. The van der Waals surface area contributed by atoms with Gasteiger partial charge in [0.05, 0.1) is 17.6 Å². The molecule has 3 aliphatic carbocycles. The minimum Gasteiger partial charge on any atom is -0.445 e. The Morgan fingerprint density at radius 3 is 2.44 bits per heavy atom. The number of carbonyl (C=O) groups is 3. The molecule has 0 spiro atoms. The van der Waals surface area contributed by atoms with Gasteiger partial charge in [0.1, 0.15) is 18.7 Å². The molecule has 0 radical (unpaired) electrons. The van der Waals surface area contributed by atoms with E-state index in [1.807, 2.05) is 44.2 Å². The minimum absolute atomic E-state index is 0.0109. The van der Waals surface area contributed by atoms with Crippen molar-refractivity contribution in [2.75, 3.05) is 6.54 Å². The summed E-state index contributed by atoms with van der Waals surface area (Å²) in [6, 6.07) is 7.45. The van der Waals surface area contributed by atoms with E-state index in [-0.39, 0.29) is 48.8 Å². The van der Waals surface area contributed by atoms with Crippen LogP contribution in [-0.2, 0) is 30.2 Å². The molecule has 5 rings (SSSR count). The number of ether oxygens (including phenoxy) is 1. The van der Waals surface area contributed by atoms with Crippen LogP contribution in [0.15, 0.2) is 35.4 Å². The first-order chi connectivity index (χ1) is 22.8. The third kappa shape index (κ3) is 8.84. The lowest BCUT2D eigenvalue weighted by Gasteiger charge is -2.64. The highest BCUT2D eigenvalue weighted by atomic mass is 16.7. The van der Waals surface area contributed by atoms with Crippen molar-refractivity contribution in [3.63, 3.8) is 0 Å². The van der Waals surface area contributed by atoms with Gasteiger partial charge in [-0.3, -0.25) is 9.59 Å². The summed E-state index contributed by atoms with van der Waals surface area (Å²) in [5, 5.41) is 12.4. The normalized spacial score (nSPS) is 26.2. The van der Waals surface area contributed by atoms with Crippen molar-refractivity contribution in [1.29, 1.82) is 0 Å². The summed E-state index contributed by atoms with van der Waals surface area (Å²) >= 11 is 0. The van der Waals surface area contributed by atoms with Crippen molar-refractivity contribution in [1.82, 2.24) is 16.0 Å². The maximum Gasteiger partial charge on any atom is 0.481 e. The average molecular weight is 667 g/mol. The van der Waals surface area contributed by atoms with Gasteiger partial charge in [-0.1, -0.05) is 89.8 Å². The lowest BCUT2D eigenvalue weighted by Crippen LogP contribution is -2.65. The fourth-order valence-corrected chi connectivity index (χ4v) is 7.80. The van der Waals surface area contributed by atoms with Gasteiger partial charge in [-0.2, -0.15) is 0 Å². The lowest BCUT2D eigenvalue weighted by atomic mass is 9.43. The summed E-state index contributed by atoms with van der Waals surface area (Å²) in [6.45, 7) is 15.2. The van der Waals surface area contributed by atoms with Crippen LogP contribution in [0.25, 0.3) is 10.4 Å². The molecule has 0 aromatic heterocycles. The molecule has 13 heteroatoms. The summed E-state index contributed by atoms with van der Waals surface area (Å²) in [7, 11) is -0.584. The van der Waals surface area contributed by atoms with E-state index >= 15 is 0 Å². The number of amides is 3. The van der Waals surface area contributed by atoms with E-state index in [9.17, 15) is 14.4 Å². The van der Waals surface area contributed by atoms with Gasteiger partial charge in [0.2, 0.25) is 11.8 Å². The molecule has 8 atom stereocenters. The van der Waals surface area contributed by atoms with Crippen LogP contribution >= 0.6 is 0 Å². The molecule has 48 heavy (non-hydrogen) atoms. The van der Waals surface area contributed by atoms with E-state index in [2.05, 4.69) is 60.6 Å². The highest BCUT2D eigenvalue weighted by Gasteiger charge is 2.68. The number of carbonyl (C=O) groups excluding carboxylic acids is 3. The van der Waals surface area contributed by atoms with Gasteiger partial charge in [0.25, 0.3) is 0 Å². The van der Waals surface area contributed by atoms with E-state index in [4.69, 9.17) is 19.6 Å². The Morgan fingerprint density at radius 1 is 1.06 bits per heavy atom. The Morgan fingerprint density at radius 2 is 1.79 bits per heavy atom. The minimum atomic E-state index is -0.954. The lowest BCUT2D eigenvalue weighted by molar-refractivity contribution is -0.199. The summed E-state index contributed by atoms with van der Waals surface area (Å²) in [5.41, 5.74) is 9.22. The highest BCUT2D eigenvalue weighted by molar-refractivity contribution is 6.48. The summed E-state index contributed by atoms with van der Waals surface area (Å²) < 4.78 is 18.7. The van der Waals surface area contributed by atoms with Crippen LogP contribution in [0.1, 0.15) is 99.0 Å². The molecule has 3 saturated carbocycles.